The number of anilines is 2. The smallest absolute Gasteiger partial charge is 0.338 e. The molecule has 2 heterocycles. The summed E-state index contributed by atoms with van der Waals surface area (Å²) in [4.78, 5) is 20.5. The summed E-state index contributed by atoms with van der Waals surface area (Å²) in [6, 6.07) is 9.19. The van der Waals surface area contributed by atoms with Crippen LogP contribution < -0.4 is 11.1 Å². The second-order valence-electron chi connectivity index (χ2n) is 8.24. The number of benzene rings is 1. The number of hydrogen-bond donors (Lipinski definition) is 2. The number of rotatable bonds is 4. The Bertz CT molecular complexity index is 897. The zero-order chi connectivity index (χ0) is 21.7. The Kier molecular flexibility index (Phi) is 7.08. The van der Waals surface area contributed by atoms with Crippen molar-refractivity contribution in [2.24, 2.45) is 22.7 Å². The molecule has 30 heavy (non-hydrogen) atoms. The van der Waals surface area contributed by atoms with Crippen molar-refractivity contribution in [3.05, 3.63) is 53.9 Å². The molecule has 6 heteroatoms. The van der Waals surface area contributed by atoms with Crippen LogP contribution in [0, 0.1) is 24.7 Å². The van der Waals surface area contributed by atoms with E-state index in [2.05, 4.69) is 24.1 Å². The Morgan fingerprint density at radius 3 is 2.50 bits per heavy atom. The highest BCUT2D eigenvalue weighted by Crippen LogP contribution is 2.41. The van der Waals surface area contributed by atoms with Crippen LogP contribution in [-0.4, -0.2) is 29.4 Å². The molecule has 6 nitrogen and oxygen atoms in total. The van der Waals surface area contributed by atoms with E-state index < -0.39 is 0 Å². The van der Waals surface area contributed by atoms with Gasteiger partial charge in [0, 0.05) is 18.1 Å². The topological polar surface area (TPSA) is 89.6 Å². The summed E-state index contributed by atoms with van der Waals surface area (Å²) in [5.41, 5.74) is 10.6. The van der Waals surface area contributed by atoms with E-state index in [4.69, 9.17) is 15.5 Å². The zero-order valence-electron chi connectivity index (χ0n) is 18.3. The fourth-order valence-corrected chi connectivity index (χ4v) is 4.02. The molecular formula is C24H32N4O2. The Morgan fingerprint density at radius 2 is 1.93 bits per heavy atom. The summed E-state index contributed by atoms with van der Waals surface area (Å²) in [6.07, 6.45) is 6.08. The van der Waals surface area contributed by atoms with Crippen molar-refractivity contribution in [3.63, 3.8) is 0 Å². The maximum Gasteiger partial charge on any atom is 0.338 e. The van der Waals surface area contributed by atoms with Crippen LogP contribution in [0.15, 0.2) is 47.7 Å². The number of nitrogen functional groups attached to an aromatic ring is 1. The molecule has 2 aliphatic rings. The van der Waals surface area contributed by atoms with Crippen LogP contribution in [0.4, 0.5) is 11.4 Å². The molecular weight excluding hydrogens is 376 g/mol. The summed E-state index contributed by atoms with van der Waals surface area (Å²) in [7, 11) is 0. The highest BCUT2D eigenvalue weighted by molar-refractivity contribution is 5.95. The lowest BCUT2D eigenvalue weighted by Gasteiger charge is -2.43. The summed E-state index contributed by atoms with van der Waals surface area (Å²) in [5, 5.41) is 3.44. The minimum atomic E-state index is -0.344. The molecule has 1 aromatic carbocycles. The molecule has 3 N–H and O–H groups in total. The van der Waals surface area contributed by atoms with Gasteiger partial charge in [-0.25, -0.2) is 4.79 Å². The predicted molar refractivity (Wildman–Crippen MR) is 122 cm³/mol. The Labute approximate surface area is 179 Å². The average molecular weight is 409 g/mol. The van der Waals surface area contributed by atoms with E-state index in [1.54, 1.807) is 31.5 Å². The molecule has 4 rings (SSSR count). The molecule has 1 saturated carbocycles. The van der Waals surface area contributed by atoms with E-state index in [9.17, 15) is 4.79 Å². The third kappa shape index (κ3) is 5.17. The number of aliphatic imine (C=N–C) groups is 1. The van der Waals surface area contributed by atoms with Crippen molar-refractivity contribution in [3.8, 4) is 0 Å². The summed E-state index contributed by atoms with van der Waals surface area (Å²) < 4.78 is 5.00. The molecule has 1 fully saturated rings. The van der Waals surface area contributed by atoms with Crippen LogP contribution in [0.2, 0.25) is 0 Å². The van der Waals surface area contributed by atoms with Crippen LogP contribution in [0.1, 0.15) is 49.5 Å². The molecule has 1 aliphatic carbocycles. The molecule has 1 aliphatic heterocycles. The molecule has 0 amide bonds. The lowest BCUT2D eigenvalue weighted by atomic mass is 9.68. The van der Waals surface area contributed by atoms with Gasteiger partial charge in [0.05, 0.1) is 23.5 Å². The van der Waals surface area contributed by atoms with Gasteiger partial charge in [0.25, 0.3) is 0 Å². The minimum absolute atomic E-state index is 0.0553. The second-order valence-corrected chi connectivity index (χ2v) is 8.24. The van der Waals surface area contributed by atoms with Gasteiger partial charge in [-0.05, 0) is 80.3 Å². The van der Waals surface area contributed by atoms with Crippen molar-refractivity contribution < 1.29 is 9.53 Å². The standard InChI is InChI=1S/C18H25N3O2.C6H7N/c1-4-23-18(22)12-5-6-15(14(19)9-12)20-17-11(3)8-13-7-10(2)16(13)21-17;1-6-2-4-7-5-3-6/h5-6,9-11,13,17,20H,4,7-8,19H2,1-3H3;2-5H,1H3. The van der Waals surface area contributed by atoms with Crippen LogP contribution in [0.5, 0.6) is 0 Å². The van der Waals surface area contributed by atoms with Gasteiger partial charge >= 0.3 is 5.97 Å². The summed E-state index contributed by atoms with van der Waals surface area (Å²) in [5.74, 6) is 1.42. The van der Waals surface area contributed by atoms with Crippen molar-refractivity contribution in [2.45, 2.75) is 46.7 Å². The number of carbonyl (C=O) groups is 1. The Hall–Kier alpha value is -2.89. The fourth-order valence-electron chi connectivity index (χ4n) is 4.02. The highest BCUT2D eigenvalue weighted by Gasteiger charge is 2.40. The molecule has 0 spiro atoms. The SMILES string of the molecule is CCOC(=O)c1ccc(NC2N=C3C(C)CC3CC2C)c(N)c1.Cc1ccncc1. The van der Waals surface area contributed by atoms with Gasteiger partial charge in [-0.1, -0.05) is 13.8 Å². The monoisotopic (exact) mass is 408 g/mol. The molecule has 0 radical (unpaired) electrons. The zero-order valence-corrected chi connectivity index (χ0v) is 18.3. The number of pyridine rings is 1. The van der Waals surface area contributed by atoms with Crippen molar-refractivity contribution >= 4 is 23.1 Å². The quantitative estimate of drug-likeness (QED) is 0.565. The van der Waals surface area contributed by atoms with Gasteiger partial charge in [-0.15, -0.1) is 0 Å². The normalized spacial score (nSPS) is 24.3. The highest BCUT2D eigenvalue weighted by atomic mass is 16.5. The van der Waals surface area contributed by atoms with Gasteiger partial charge in [-0.3, -0.25) is 9.98 Å². The number of aromatic nitrogens is 1. The number of carbonyl (C=O) groups excluding carboxylic acids is 1. The van der Waals surface area contributed by atoms with E-state index in [1.165, 1.54) is 24.1 Å². The van der Waals surface area contributed by atoms with Gasteiger partial charge in [0.1, 0.15) is 6.17 Å². The first-order valence-corrected chi connectivity index (χ1v) is 10.7. The minimum Gasteiger partial charge on any atom is -0.462 e. The number of nitrogens with two attached hydrogens (primary N) is 1. The number of nitrogens with zero attached hydrogens (tertiary/aromatic N) is 2. The van der Waals surface area contributed by atoms with Crippen LogP contribution >= 0.6 is 0 Å². The molecule has 4 unspecified atom stereocenters. The number of fused-ring (bicyclic) bond motifs is 1. The maximum absolute atomic E-state index is 11.8. The van der Waals surface area contributed by atoms with Gasteiger partial charge in [0.15, 0.2) is 0 Å². The number of nitrogens with one attached hydrogen (secondary N) is 1. The number of hydrogen-bond acceptors (Lipinski definition) is 6. The van der Waals surface area contributed by atoms with Crippen LogP contribution in [0.25, 0.3) is 0 Å². The van der Waals surface area contributed by atoms with Crippen molar-refractivity contribution in [1.29, 1.82) is 0 Å². The number of ether oxygens (including phenoxy) is 1. The molecule has 2 aromatic rings. The predicted octanol–water partition coefficient (Wildman–Crippen LogP) is 4.71. The van der Waals surface area contributed by atoms with E-state index >= 15 is 0 Å². The largest absolute Gasteiger partial charge is 0.462 e. The van der Waals surface area contributed by atoms with Crippen LogP contribution in [0.3, 0.4) is 0 Å². The number of esters is 1. The maximum atomic E-state index is 11.8. The summed E-state index contributed by atoms with van der Waals surface area (Å²) >= 11 is 0. The third-order valence-corrected chi connectivity index (χ3v) is 5.76. The average Bonchev–Trinajstić information content (AvgIpc) is 2.72. The third-order valence-electron chi connectivity index (χ3n) is 5.76. The van der Waals surface area contributed by atoms with Gasteiger partial charge in [0.2, 0.25) is 0 Å². The van der Waals surface area contributed by atoms with Gasteiger partial charge in [-0.2, -0.15) is 0 Å². The van der Waals surface area contributed by atoms with E-state index in [1.807, 2.05) is 25.1 Å². The lowest BCUT2D eigenvalue weighted by Crippen LogP contribution is -2.45. The first kappa shape index (κ1) is 21.8. The van der Waals surface area contributed by atoms with E-state index in [0.717, 1.165) is 5.69 Å². The fraction of sp³-hybridized carbons (Fsp3) is 0.458. The van der Waals surface area contributed by atoms with E-state index in [-0.39, 0.29) is 12.1 Å². The summed E-state index contributed by atoms with van der Waals surface area (Å²) in [6.45, 7) is 8.65. The Morgan fingerprint density at radius 1 is 1.20 bits per heavy atom. The van der Waals surface area contributed by atoms with Crippen molar-refractivity contribution in [1.82, 2.24) is 4.98 Å². The van der Waals surface area contributed by atoms with Crippen LogP contribution in [-0.2, 0) is 4.74 Å². The number of aryl methyl sites for hydroxylation is 1. The van der Waals surface area contributed by atoms with Gasteiger partial charge < -0.3 is 15.8 Å². The first-order valence-electron chi connectivity index (χ1n) is 10.7. The van der Waals surface area contributed by atoms with E-state index in [0.29, 0.717) is 35.6 Å². The molecule has 0 bridgehead atoms. The molecule has 0 saturated heterocycles. The molecule has 1 aromatic heterocycles. The lowest BCUT2D eigenvalue weighted by molar-refractivity contribution is 0.0526. The van der Waals surface area contributed by atoms with Crippen molar-refractivity contribution in [2.75, 3.05) is 17.7 Å². The first-order chi connectivity index (χ1) is 14.4. The second kappa shape index (κ2) is 9.74. The molecule has 4 atom stereocenters. The Balaban J connectivity index is 0.000000310. The molecule has 160 valence electrons.